The third-order valence-electron chi connectivity index (χ3n) is 3.77. The summed E-state index contributed by atoms with van der Waals surface area (Å²) in [6.07, 6.45) is 3.02. The number of anilines is 2. The van der Waals surface area contributed by atoms with E-state index >= 15 is 0 Å². The normalized spacial score (nSPS) is 19.5. The molecule has 0 aliphatic carbocycles. The van der Waals surface area contributed by atoms with Gasteiger partial charge >= 0.3 is 0 Å². The lowest BCUT2D eigenvalue weighted by Gasteiger charge is -2.21. The number of nitrogens with two attached hydrogens (primary N) is 1. The van der Waals surface area contributed by atoms with E-state index in [-0.39, 0.29) is 0 Å². The first-order valence-electron chi connectivity index (χ1n) is 6.57. The van der Waals surface area contributed by atoms with Crippen LogP contribution in [0.15, 0.2) is 24.4 Å². The van der Waals surface area contributed by atoms with Gasteiger partial charge in [-0.2, -0.15) is 0 Å². The number of aromatic nitrogens is 2. The van der Waals surface area contributed by atoms with Gasteiger partial charge in [-0.05, 0) is 38.7 Å². The second kappa shape index (κ2) is 4.66. The second-order valence-corrected chi connectivity index (χ2v) is 5.33. The summed E-state index contributed by atoms with van der Waals surface area (Å²) >= 11 is 0. The molecule has 2 N–H and O–H groups in total. The third-order valence-corrected chi connectivity index (χ3v) is 3.77. The van der Waals surface area contributed by atoms with Crippen LogP contribution in [-0.2, 0) is 0 Å². The highest BCUT2D eigenvalue weighted by Gasteiger charge is 2.25. The van der Waals surface area contributed by atoms with Gasteiger partial charge in [-0.25, -0.2) is 4.98 Å². The highest BCUT2D eigenvalue weighted by Crippen LogP contribution is 2.22. The number of nitrogens with zero attached hydrogens (tertiary/aromatic N) is 4. The monoisotopic (exact) mass is 257 g/mol. The number of hydrogen-bond donors (Lipinski definition) is 1. The molecule has 1 atom stereocenters. The Balaban J connectivity index is 1.88. The number of benzene rings is 1. The first kappa shape index (κ1) is 12.2. The van der Waals surface area contributed by atoms with Gasteiger partial charge in [0.1, 0.15) is 5.82 Å². The molecule has 5 nitrogen and oxygen atoms in total. The highest BCUT2D eigenvalue weighted by atomic mass is 15.3. The van der Waals surface area contributed by atoms with Crippen molar-refractivity contribution in [2.75, 3.05) is 37.8 Å². The van der Waals surface area contributed by atoms with Crippen molar-refractivity contribution in [3.63, 3.8) is 0 Å². The Morgan fingerprint density at radius 2 is 2.16 bits per heavy atom. The van der Waals surface area contributed by atoms with Crippen molar-refractivity contribution >= 4 is 22.5 Å². The maximum atomic E-state index is 5.75. The van der Waals surface area contributed by atoms with Gasteiger partial charge in [-0.1, -0.05) is 0 Å². The summed E-state index contributed by atoms with van der Waals surface area (Å²) in [4.78, 5) is 13.7. The van der Waals surface area contributed by atoms with Gasteiger partial charge in [0.05, 0.1) is 17.2 Å². The van der Waals surface area contributed by atoms with Crippen molar-refractivity contribution in [2.45, 2.75) is 12.5 Å². The SMILES string of the molecule is CN(C)[C@H]1CCN(c2cnc3cc(N)ccc3n2)C1. The quantitative estimate of drug-likeness (QED) is 0.823. The van der Waals surface area contributed by atoms with Crippen LogP contribution in [-0.4, -0.2) is 48.1 Å². The standard InChI is InChI=1S/C14H19N5/c1-18(2)11-5-6-19(9-11)14-8-16-13-7-10(15)3-4-12(13)17-14/h3-4,7-8,11H,5-6,9,15H2,1-2H3/t11-/m0/s1. The van der Waals surface area contributed by atoms with E-state index in [0.29, 0.717) is 6.04 Å². The zero-order chi connectivity index (χ0) is 13.4. The lowest BCUT2D eigenvalue weighted by molar-refractivity contribution is 0.315. The molecule has 0 unspecified atom stereocenters. The van der Waals surface area contributed by atoms with Crippen LogP contribution in [0, 0.1) is 0 Å². The van der Waals surface area contributed by atoms with Gasteiger partial charge in [0.25, 0.3) is 0 Å². The Bertz CT molecular complexity index is 595. The minimum Gasteiger partial charge on any atom is -0.399 e. The summed E-state index contributed by atoms with van der Waals surface area (Å²) < 4.78 is 0. The summed E-state index contributed by atoms with van der Waals surface area (Å²) in [7, 11) is 4.26. The molecular weight excluding hydrogens is 238 g/mol. The van der Waals surface area contributed by atoms with Crippen LogP contribution in [0.4, 0.5) is 11.5 Å². The average molecular weight is 257 g/mol. The zero-order valence-electron chi connectivity index (χ0n) is 11.4. The van der Waals surface area contributed by atoms with Gasteiger partial charge in [0.2, 0.25) is 0 Å². The molecule has 2 heterocycles. The fourth-order valence-corrected chi connectivity index (χ4v) is 2.54. The van der Waals surface area contributed by atoms with E-state index in [1.807, 2.05) is 24.4 Å². The second-order valence-electron chi connectivity index (χ2n) is 5.33. The number of likely N-dealkylation sites (N-methyl/N-ethyl adjacent to an activating group) is 1. The van der Waals surface area contributed by atoms with Crippen LogP contribution in [0.1, 0.15) is 6.42 Å². The van der Waals surface area contributed by atoms with Crippen molar-refractivity contribution in [1.29, 1.82) is 0 Å². The van der Waals surface area contributed by atoms with Crippen LogP contribution in [0.3, 0.4) is 0 Å². The molecule has 2 aromatic rings. The largest absolute Gasteiger partial charge is 0.399 e. The fraction of sp³-hybridized carbons (Fsp3) is 0.429. The van der Waals surface area contributed by atoms with Crippen LogP contribution in [0.25, 0.3) is 11.0 Å². The van der Waals surface area contributed by atoms with E-state index in [1.54, 1.807) is 0 Å². The van der Waals surface area contributed by atoms with E-state index in [4.69, 9.17) is 5.73 Å². The molecule has 1 aromatic carbocycles. The first-order chi connectivity index (χ1) is 9.13. The summed E-state index contributed by atoms with van der Waals surface area (Å²) in [6.45, 7) is 2.06. The fourth-order valence-electron chi connectivity index (χ4n) is 2.54. The molecule has 3 rings (SSSR count). The Morgan fingerprint density at radius 1 is 1.32 bits per heavy atom. The van der Waals surface area contributed by atoms with Crippen molar-refractivity contribution in [1.82, 2.24) is 14.9 Å². The van der Waals surface area contributed by atoms with Crippen molar-refractivity contribution in [2.24, 2.45) is 0 Å². The Morgan fingerprint density at radius 3 is 2.89 bits per heavy atom. The Hall–Kier alpha value is -1.88. The molecule has 1 saturated heterocycles. The Kier molecular flexibility index (Phi) is 2.98. The summed E-state index contributed by atoms with van der Waals surface area (Å²) in [5, 5.41) is 0. The van der Waals surface area contributed by atoms with Gasteiger partial charge in [0.15, 0.2) is 0 Å². The Labute approximate surface area is 113 Å². The summed E-state index contributed by atoms with van der Waals surface area (Å²) in [6, 6.07) is 6.26. The molecular formula is C14H19N5. The predicted molar refractivity (Wildman–Crippen MR) is 78.3 cm³/mol. The topological polar surface area (TPSA) is 58.3 Å². The number of hydrogen-bond acceptors (Lipinski definition) is 5. The molecule has 5 heteroatoms. The molecule has 1 aliphatic heterocycles. The molecule has 0 saturated carbocycles. The van der Waals surface area contributed by atoms with Crippen molar-refractivity contribution < 1.29 is 0 Å². The van der Waals surface area contributed by atoms with Crippen LogP contribution in [0.5, 0.6) is 0 Å². The van der Waals surface area contributed by atoms with E-state index in [0.717, 1.165) is 35.6 Å². The van der Waals surface area contributed by atoms with E-state index in [1.165, 1.54) is 6.42 Å². The van der Waals surface area contributed by atoms with E-state index in [2.05, 4.69) is 33.9 Å². The lowest BCUT2D eigenvalue weighted by atomic mass is 10.2. The molecule has 1 aromatic heterocycles. The van der Waals surface area contributed by atoms with Crippen LogP contribution >= 0.6 is 0 Å². The average Bonchev–Trinajstić information content (AvgIpc) is 2.88. The summed E-state index contributed by atoms with van der Waals surface area (Å²) in [5.41, 5.74) is 8.23. The molecule has 0 bridgehead atoms. The summed E-state index contributed by atoms with van der Waals surface area (Å²) in [5.74, 6) is 0.960. The predicted octanol–water partition coefficient (Wildman–Crippen LogP) is 1.35. The van der Waals surface area contributed by atoms with Crippen LogP contribution < -0.4 is 10.6 Å². The number of rotatable bonds is 2. The first-order valence-corrected chi connectivity index (χ1v) is 6.57. The lowest BCUT2D eigenvalue weighted by Crippen LogP contribution is -2.31. The van der Waals surface area contributed by atoms with E-state index < -0.39 is 0 Å². The zero-order valence-corrected chi connectivity index (χ0v) is 11.4. The van der Waals surface area contributed by atoms with Gasteiger partial charge in [-0.3, -0.25) is 4.98 Å². The molecule has 100 valence electrons. The van der Waals surface area contributed by atoms with Crippen molar-refractivity contribution in [3.05, 3.63) is 24.4 Å². The molecule has 0 amide bonds. The molecule has 1 fully saturated rings. The molecule has 0 spiro atoms. The van der Waals surface area contributed by atoms with Gasteiger partial charge in [-0.15, -0.1) is 0 Å². The number of fused-ring (bicyclic) bond motifs is 1. The molecule has 0 radical (unpaired) electrons. The highest BCUT2D eigenvalue weighted by molar-refractivity contribution is 5.79. The van der Waals surface area contributed by atoms with Gasteiger partial charge < -0.3 is 15.5 Å². The molecule has 1 aliphatic rings. The van der Waals surface area contributed by atoms with Gasteiger partial charge in [0, 0.05) is 24.8 Å². The van der Waals surface area contributed by atoms with E-state index in [9.17, 15) is 0 Å². The minimum absolute atomic E-state index is 0.601. The number of nitrogen functional groups attached to an aromatic ring is 1. The van der Waals surface area contributed by atoms with Crippen LogP contribution in [0.2, 0.25) is 0 Å². The maximum absolute atomic E-state index is 5.75. The smallest absolute Gasteiger partial charge is 0.147 e. The minimum atomic E-state index is 0.601. The molecule has 19 heavy (non-hydrogen) atoms. The van der Waals surface area contributed by atoms with Crippen molar-refractivity contribution in [3.8, 4) is 0 Å². The maximum Gasteiger partial charge on any atom is 0.147 e. The third kappa shape index (κ3) is 2.33.